The van der Waals surface area contributed by atoms with Crippen molar-refractivity contribution in [3.05, 3.63) is 60.3 Å². The fourth-order valence-corrected chi connectivity index (χ4v) is 3.86. The van der Waals surface area contributed by atoms with Crippen LogP contribution in [0.1, 0.15) is 30.6 Å². The zero-order valence-corrected chi connectivity index (χ0v) is 19.0. The number of aromatic nitrogens is 8. The van der Waals surface area contributed by atoms with E-state index in [1.54, 1.807) is 36.3 Å². The molecule has 4 aromatic heterocycles. The first-order chi connectivity index (χ1) is 16.3. The number of hydrogen-bond donors (Lipinski definition) is 2. The van der Waals surface area contributed by atoms with Crippen LogP contribution in [0, 0.1) is 0 Å². The molecule has 2 unspecified atom stereocenters. The van der Waals surface area contributed by atoms with Crippen molar-refractivity contribution in [1.29, 1.82) is 0 Å². The average Bonchev–Trinajstić information content (AvgIpc) is 3.57. The second kappa shape index (κ2) is 8.30. The van der Waals surface area contributed by atoms with Crippen LogP contribution < -0.4 is 5.32 Å². The number of likely N-dealkylation sites (N-methyl/N-ethyl adjacent to an activating group) is 1. The maximum Gasteiger partial charge on any atom is 0.260 e. The fourth-order valence-electron chi connectivity index (χ4n) is 3.86. The predicted molar refractivity (Wildman–Crippen MR) is 122 cm³/mol. The largest absolute Gasteiger partial charge is 0.374 e. The van der Waals surface area contributed by atoms with E-state index in [1.165, 1.54) is 15.8 Å². The molecule has 2 N–H and O–H groups in total. The summed E-state index contributed by atoms with van der Waals surface area (Å²) in [7, 11) is 3.52. The third kappa shape index (κ3) is 3.88. The Hall–Kier alpha value is -4.19. The second-order valence-corrected chi connectivity index (χ2v) is 8.35. The van der Waals surface area contributed by atoms with Crippen molar-refractivity contribution in [2.24, 2.45) is 7.05 Å². The second-order valence-electron chi connectivity index (χ2n) is 8.35. The lowest BCUT2D eigenvalue weighted by molar-refractivity contribution is -0.143. The van der Waals surface area contributed by atoms with Crippen LogP contribution in [0.25, 0.3) is 17.2 Å². The van der Waals surface area contributed by atoms with Crippen LogP contribution in [0.15, 0.2) is 49.1 Å². The van der Waals surface area contributed by atoms with Crippen LogP contribution in [-0.2, 0) is 17.4 Å². The van der Waals surface area contributed by atoms with Crippen LogP contribution >= 0.6 is 0 Å². The molecule has 0 spiro atoms. The van der Waals surface area contributed by atoms with Crippen LogP contribution in [0.3, 0.4) is 0 Å². The smallest absolute Gasteiger partial charge is 0.260 e. The Kier molecular flexibility index (Phi) is 5.28. The summed E-state index contributed by atoms with van der Waals surface area (Å²) in [6, 6.07) is 7.17. The molecule has 0 saturated carbocycles. The molecule has 4 aromatic rings. The van der Waals surface area contributed by atoms with Crippen molar-refractivity contribution in [3.63, 3.8) is 0 Å². The Labute approximate surface area is 195 Å². The molecule has 174 valence electrons. The summed E-state index contributed by atoms with van der Waals surface area (Å²) >= 11 is 0. The predicted octanol–water partition coefficient (Wildman–Crippen LogP) is 1.08. The number of carbonyl (C=O) groups excluding carboxylic acids is 1. The first-order valence-corrected chi connectivity index (χ1v) is 10.8. The van der Waals surface area contributed by atoms with Crippen LogP contribution in [0.2, 0.25) is 0 Å². The zero-order valence-electron chi connectivity index (χ0n) is 19.0. The molecule has 1 aliphatic heterocycles. The van der Waals surface area contributed by atoms with Crippen molar-refractivity contribution in [3.8, 4) is 17.2 Å². The minimum absolute atomic E-state index is 0.0278. The molecule has 12 nitrogen and oxygen atoms in total. The highest BCUT2D eigenvalue weighted by Crippen LogP contribution is 2.31. The monoisotopic (exact) mass is 460 g/mol. The molecular formula is C22H24N10O2. The molecule has 0 aromatic carbocycles. The number of nitrogens with one attached hydrogen (secondary N) is 1. The van der Waals surface area contributed by atoms with Crippen LogP contribution in [0.4, 0.5) is 5.95 Å². The normalized spacial score (nSPS) is 18.9. The number of anilines is 1. The van der Waals surface area contributed by atoms with Crippen molar-refractivity contribution in [2.75, 3.05) is 18.9 Å². The minimum atomic E-state index is -1.66. The molecular weight excluding hydrogens is 436 g/mol. The molecule has 5 rings (SSSR count). The van der Waals surface area contributed by atoms with E-state index in [9.17, 15) is 9.90 Å². The standard InChI is InChI=1S/C22H24N10O2/c1-14(15-11-24-31(3)12-15)25-21-23-9-7-17(27-21)16-5-4-6-19(26-16)32-13-18(28-29-32)22(34)8-10-30(2)20(22)33/h4-7,9,11-14,34H,8,10H2,1-3H3,(H,23,25,27). The first kappa shape index (κ1) is 21.6. The third-order valence-electron chi connectivity index (χ3n) is 5.88. The van der Waals surface area contributed by atoms with Crippen molar-refractivity contribution in [1.82, 2.24) is 44.6 Å². The SMILES string of the molecule is CC(Nc1nccc(-c2cccc(-n3cc(C4(O)CCN(C)C4=O)nn3)n2)n1)c1cnn(C)c1. The highest BCUT2D eigenvalue weighted by atomic mass is 16.3. The quantitative estimate of drug-likeness (QED) is 0.432. The number of carbonyl (C=O) groups is 1. The van der Waals surface area contributed by atoms with E-state index >= 15 is 0 Å². The summed E-state index contributed by atoms with van der Waals surface area (Å²) in [5.41, 5.74) is 0.802. The molecule has 5 heterocycles. The fraction of sp³-hybridized carbons (Fsp3) is 0.318. The Morgan fingerprint density at radius 2 is 1.97 bits per heavy atom. The number of aryl methyl sites for hydroxylation is 1. The summed E-state index contributed by atoms with van der Waals surface area (Å²) in [6.07, 6.45) is 7.20. The Bertz CT molecular complexity index is 1350. The maximum absolute atomic E-state index is 12.4. The van der Waals surface area contributed by atoms with E-state index in [2.05, 4.69) is 35.7 Å². The Morgan fingerprint density at radius 3 is 2.71 bits per heavy atom. The van der Waals surface area contributed by atoms with Gasteiger partial charge in [-0.05, 0) is 25.1 Å². The van der Waals surface area contributed by atoms with Gasteiger partial charge in [-0.15, -0.1) is 5.10 Å². The number of rotatable bonds is 6. The number of pyridine rings is 1. The van der Waals surface area contributed by atoms with Gasteiger partial charge >= 0.3 is 0 Å². The summed E-state index contributed by atoms with van der Waals surface area (Å²) in [5.74, 6) is 0.563. The van der Waals surface area contributed by atoms with E-state index in [1.807, 2.05) is 32.3 Å². The van der Waals surface area contributed by atoms with E-state index in [0.29, 0.717) is 29.7 Å². The molecule has 1 saturated heterocycles. The van der Waals surface area contributed by atoms with E-state index < -0.39 is 5.60 Å². The number of hydrogen-bond acceptors (Lipinski definition) is 9. The van der Waals surface area contributed by atoms with Gasteiger partial charge in [0, 0.05) is 45.0 Å². The summed E-state index contributed by atoms with van der Waals surface area (Å²) in [4.78, 5) is 27.4. The summed E-state index contributed by atoms with van der Waals surface area (Å²) in [6.45, 7) is 2.47. The third-order valence-corrected chi connectivity index (χ3v) is 5.88. The molecule has 34 heavy (non-hydrogen) atoms. The number of aliphatic hydroxyl groups is 1. The lowest BCUT2D eigenvalue weighted by Crippen LogP contribution is -2.36. The molecule has 0 aliphatic carbocycles. The minimum Gasteiger partial charge on any atom is -0.374 e. The molecule has 12 heteroatoms. The van der Waals surface area contributed by atoms with Gasteiger partial charge in [0.2, 0.25) is 5.95 Å². The summed E-state index contributed by atoms with van der Waals surface area (Å²) in [5, 5.41) is 26.4. The van der Waals surface area contributed by atoms with Crippen molar-refractivity contribution >= 4 is 11.9 Å². The van der Waals surface area contributed by atoms with Gasteiger partial charge < -0.3 is 15.3 Å². The molecule has 1 fully saturated rings. The molecule has 0 bridgehead atoms. The van der Waals surface area contributed by atoms with Gasteiger partial charge in [0.25, 0.3) is 5.91 Å². The van der Waals surface area contributed by atoms with E-state index in [-0.39, 0.29) is 24.1 Å². The maximum atomic E-state index is 12.4. The summed E-state index contributed by atoms with van der Waals surface area (Å²) < 4.78 is 3.18. The van der Waals surface area contributed by atoms with Gasteiger partial charge in [-0.3, -0.25) is 9.48 Å². The number of amides is 1. The van der Waals surface area contributed by atoms with Gasteiger partial charge in [0.1, 0.15) is 5.69 Å². The van der Waals surface area contributed by atoms with E-state index in [4.69, 9.17) is 0 Å². The highest BCUT2D eigenvalue weighted by Gasteiger charge is 2.47. The Morgan fingerprint density at radius 1 is 1.15 bits per heavy atom. The lowest BCUT2D eigenvalue weighted by atomic mass is 9.99. The van der Waals surface area contributed by atoms with E-state index in [0.717, 1.165) is 5.56 Å². The van der Waals surface area contributed by atoms with Crippen molar-refractivity contribution in [2.45, 2.75) is 25.0 Å². The Balaban J connectivity index is 1.38. The van der Waals surface area contributed by atoms with Gasteiger partial charge in [0.05, 0.1) is 29.8 Å². The lowest BCUT2D eigenvalue weighted by Gasteiger charge is -2.17. The van der Waals surface area contributed by atoms with Crippen molar-refractivity contribution < 1.29 is 9.90 Å². The molecule has 2 atom stereocenters. The topological polar surface area (TPSA) is 140 Å². The van der Waals surface area contributed by atoms with Crippen LogP contribution in [0.5, 0.6) is 0 Å². The molecule has 1 amide bonds. The first-order valence-electron chi connectivity index (χ1n) is 10.8. The number of likely N-dealkylation sites (tertiary alicyclic amines) is 1. The zero-order chi connectivity index (χ0) is 23.9. The average molecular weight is 461 g/mol. The molecule has 1 aliphatic rings. The molecule has 0 radical (unpaired) electrons. The van der Waals surface area contributed by atoms with Gasteiger partial charge in [-0.2, -0.15) is 5.10 Å². The van der Waals surface area contributed by atoms with Gasteiger partial charge in [0.15, 0.2) is 11.4 Å². The number of nitrogens with zero attached hydrogens (tertiary/aromatic N) is 9. The highest BCUT2D eigenvalue weighted by molar-refractivity contribution is 5.87. The van der Waals surface area contributed by atoms with Gasteiger partial charge in [-0.1, -0.05) is 11.3 Å². The van der Waals surface area contributed by atoms with Crippen LogP contribution in [-0.4, -0.2) is 69.2 Å². The van der Waals surface area contributed by atoms with Gasteiger partial charge in [-0.25, -0.2) is 19.6 Å².